The largest absolute Gasteiger partial charge is 3.00 e. The second-order valence-electron chi connectivity index (χ2n) is 24.4. The van der Waals surface area contributed by atoms with E-state index in [0.717, 1.165) is 130 Å². The van der Waals surface area contributed by atoms with Crippen molar-refractivity contribution in [2.75, 3.05) is 9.80 Å². The average Bonchev–Trinajstić information content (AvgIpc) is 1.77. The molecule has 0 aliphatic carbocycles. The average molecular weight is 1740 g/mol. The number of para-hydroxylation sites is 3. The number of nitrogens with zero attached hydrogens (tertiary/aromatic N) is 15. The second-order valence-corrected chi connectivity index (χ2v) is 24.4. The van der Waals surface area contributed by atoms with Crippen LogP contribution < -0.4 is 9.80 Å². The summed E-state index contributed by atoms with van der Waals surface area (Å²) in [5.41, 5.74) is 22.1. The summed E-state index contributed by atoms with van der Waals surface area (Å²) in [6, 6.07) is 113. The minimum absolute atomic E-state index is 0. The molecule has 17 heteroatoms. The maximum Gasteiger partial charge on any atom is 3.00 e. The molecule has 0 fully saturated rings. The predicted octanol–water partition coefficient (Wildman–Crippen LogP) is 20.5. The number of fused-ring (bicyclic) bond motifs is 3. The first-order valence-electron chi connectivity index (χ1n) is 33.9. The van der Waals surface area contributed by atoms with Gasteiger partial charge in [-0.15, -0.1) is 107 Å². The van der Waals surface area contributed by atoms with Gasteiger partial charge >= 0.3 is 20.1 Å². The van der Waals surface area contributed by atoms with E-state index >= 15 is 0 Å². The number of pyridine rings is 2. The summed E-state index contributed by atoms with van der Waals surface area (Å²) in [7, 11) is 0. The molecule has 0 saturated carbocycles. The van der Waals surface area contributed by atoms with Crippen molar-refractivity contribution in [1.82, 2.24) is 53.9 Å². The van der Waals surface area contributed by atoms with Gasteiger partial charge in [0.25, 0.3) is 0 Å². The van der Waals surface area contributed by atoms with Crippen molar-refractivity contribution in [3.63, 3.8) is 0 Å². The Hall–Kier alpha value is -13.2. The van der Waals surface area contributed by atoms with Crippen LogP contribution in [0.4, 0.5) is 28.7 Å². The van der Waals surface area contributed by atoms with Crippen LogP contribution in [0.2, 0.25) is 0 Å². The van der Waals surface area contributed by atoms with Crippen LogP contribution in [-0.2, 0) is 40.2 Å². The number of benzene rings is 11. The molecule has 0 atom stereocenters. The molecule has 0 saturated heterocycles. The summed E-state index contributed by atoms with van der Waals surface area (Å²) in [5.74, 6) is 3.57. The molecule has 0 spiro atoms. The van der Waals surface area contributed by atoms with E-state index in [2.05, 4.69) is 188 Å². The molecular formula is C90H62Ir2N15-2. The number of aromatic nitrogens is 11. The first-order chi connectivity index (χ1) is 51.7. The molecule has 1 radical (unpaired) electrons. The van der Waals surface area contributed by atoms with Crippen LogP contribution in [0.25, 0.3) is 112 Å². The Bertz CT molecular complexity index is 5780. The van der Waals surface area contributed by atoms with Crippen molar-refractivity contribution in [3.05, 3.63) is 381 Å². The van der Waals surface area contributed by atoms with E-state index in [1.165, 1.54) is 0 Å². The molecule has 1 aliphatic rings. The molecule has 15 nitrogen and oxygen atoms in total. The second kappa shape index (κ2) is 33.5. The van der Waals surface area contributed by atoms with Gasteiger partial charge in [0.2, 0.25) is 0 Å². The molecule has 1 aliphatic heterocycles. The fourth-order valence-electron chi connectivity index (χ4n) is 12.5. The molecule has 0 bridgehead atoms. The van der Waals surface area contributed by atoms with Crippen LogP contribution in [0.15, 0.2) is 316 Å². The van der Waals surface area contributed by atoms with Gasteiger partial charge in [-0.1, -0.05) is 182 Å². The van der Waals surface area contributed by atoms with E-state index in [1.807, 2.05) is 183 Å². The number of rotatable bonds is 11. The molecule has 0 unspecified atom stereocenters. The fourth-order valence-corrected chi connectivity index (χ4v) is 12.5. The molecule has 6 aromatic heterocycles. The van der Waals surface area contributed by atoms with E-state index in [0.29, 0.717) is 28.5 Å². The summed E-state index contributed by atoms with van der Waals surface area (Å²) >= 11 is 0. The Morgan fingerprint density at radius 2 is 0.944 bits per heavy atom. The van der Waals surface area contributed by atoms with Crippen LogP contribution in [0.1, 0.15) is 22.5 Å². The van der Waals surface area contributed by atoms with Gasteiger partial charge in [0.05, 0.1) is 47.2 Å². The maximum atomic E-state index is 9.32. The first kappa shape index (κ1) is 72.1. The number of aryl methyl sites for hydroxylation is 3. The van der Waals surface area contributed by atoms with Gasteiger partial charge in [-0.25, -0.2) is 19.0 Å². The van der Waals surface area contributed by atoms with Crippen LogP contribution in [-0.4, -0.2) is 53.9 Å². The molecule has 0 amide bonds. The third kappa shape index (κ3) is 15.7. The standard InChI is InChI=1S/C31H19N4.C27H17N4.C19H16N4.C13H10N3.2Ir/c1-32-25-16-8-15-24(21-25)30-33-31-28(19-10-20-35(31)34-30)29-26(22-11-4-2-5-12-22)17-9-18-27(29)23-13-6-3-7-14-23;28-18-20-9-7-14-23(17-20)27-30-29-19-31(27)26-24(21-10-3-1-4-11-21)15-8-16-25(26)22-12-5-2-6-13-22;1-14-15(2)21-19-18(20-14)22(16-9-5-3-6-10-16)13-23(19)17-11-7-4-8-12-17;1-10-6-5-9-16-13(10)14-12(15-16)11-7-3-2-4-8-11;;/h2-14,16-21H;1-13,15-17,19H;3-11,13H,1-2H3;2-7,9H,1H3;;/q2*-1;-2;-1;;+3. The topological polar surface area (TPSA) is 152 Å². The summed E-state index contributed by atoms with van der Waals surface area (Å²) in [6.45, 7) is 15.4. The van der Waals surface area contributed by atoms with Crippen LogP contribution in [0.5, 0.6) is 0 Å². The number of nitriles is 1. The Labute approximate surface area is 647 Å². The van der Waals surface area contributed by atoms with Crippen molar-refractivity contribution in [1.29, 1.82) is 5.26 Å². The minimum Gasteiger partial charge on any atom is -0.477 e. The van der Waals surface area contributed by atoms with Crippen LogP contribution in [0, 0.1) is 69.6 Å². The summed E-state index contributed by atoms with van der Waals surface area (Å²) in [4.78, 5) is 26.6. The predicted molar refractivity (Wildman–Crippen MR) is 415 cm³/mol. The Kier molecular flexibility index (Phi) is 22.6. The Morgan fingerprint density at radius 1 is 0.449 bits per heavy atom. The first-order valence-corrected chi connectivity index (χ1v) is 33.9. The third-order valence-electron chi connectivity index (χ3n) is 17.6. The number of anilines is 4. The zero-order chi connectivity index (χ0) is 71.4. The van der Waals surface area contributed by atoms with Crippen molar-refractivity contribution in [2.24, 2.45) is 0 Å². The summed E-state index contributed by atoms with van der Waals surface area (Å²) in [5, 5.41) is 27.1. The molecule has 17 aromatic rings. The smallest absolute Gasteiger partial charge is 0.477 e. The Balaban J connectivity index is 0.000000129. The van der Waals surface area contributed by atoms with Crippen molar-refractivity contribution < 1.29 is 40.2 Å². The minimum atomic E-state index is 0. The SMILES string of the molecule is Cc1cccn2nc(-c3[c-]cccc3)nc12.Cc1nc2c(nc1C)N(c1ccccc1)[CH-]N2c1[c-]cccc1.N#Cc1cc[c-]c(-c2nncn2-c2c(-c3ccccc3)cccc2-c2ccccc2)c1.[C-]#[N+]c1cc[c-]c(-c2nc3c(-c4c(-c5ccccc5)cccc4-c4ccccc4)cccn3n2)c1.[Ir+3].[Ir]. The fraction of sp³-hybridized carbons (Fsp3) is 0.0333. The van der Waals surface area contributed by atoms with E-state index in [9.17, 15) is 5.26 Å². The number of hydrogen-bond acceptors (Lipinski definition) is 11. The van der Waals surface area contributed by atoms with Crippen molar-refractivity contribution in [2.45, 2.75) is 20.8 Å². The monoisotopic (exact) mass is 1740 g/mol. The van der Waals surface area contributed by atoms with Gasteiger partial charge < -0.3 is 14.4 Å². The van der Waals surface area contributed by atoms with Crippen molar-refractivity contribution >= 4 is 40.0 Å². The third-order valence-corrected chi connectivity index (χ3v) is 17.6. The zero-order valence-corrected chi connectivity index (χ0v) is 62.8. The number of hydrogen-bond donors (Lipinski definition) is 0. The Morgan fingerprint density at radius 3 is 1.51 bits per heavy atom. The van der Waals surface area contributed by atoms with Crippen LogP contribution in [0.3, 0.4) is 0 Å². The maximum absolute atomic E-state index is 9.32. The summed E-state index contributed by atoms with van der Waals surface area (Å²) in [6.07, 6.45) is 5.53. The van der Waals surface area contributed by atoms with E-state index < -0.39 is 0 Å². The molecule has 517 valence electrons. The molecule has 0 N–H and O–H groups in total. The summed E-state index contributed by atoms with van der Waals surface area (Å²) < 4.78 is 5.59. The van der Waals surface area contributed by atoms with E-state index in [4.69, 9.17) is 26.6 Å². The van der Waals surface area contributed by atoms with E-state index in [-0.39, 0.29) is 40.2 Å². The van der Waals surface area contributed by atoms with Crippen molar-refractivity contribution in [3.8, 4) is 102 Å². The quantitative estimate of drug-likeness (QED) is 0.114. The molecular weight excluding hydrogens is 1680 g/mol. The van der Waals surface area contributed by atoms with Gasteiger partial charge in [0, 0.05) is 60.4 Å². The van der Waals surface area contributed by atoms with Gasteiger partial charge in [-0.3, -0.25) is 14.8 Å². The van der Waals surface area contributed by atoms with Gasteiger partial charge in [0.15, 0.2) is 5.65 Å². The van der Waals surface area contributed by atoms with Crippen LogP contribution >= 0.6 is 0 Å². The van der Waals surface area contributed by atoms with E-state index in [1.54, 1.807) is 51.8 Å². The van der Waals surface area contributed by atoms with Gasteiger partial charge in [-0.05, 0) is 95.6 Å². The van der Waals surface area contributed by atoms with Gasteiger partial charge in [0.1, 0.15) is 29.3 Å². The molecule has 7 heterocycles. The molecule has 11 aromatic carbocycles. The zero-order valence-electron chi connectivity index (χ0n) is 58.0. The molecule has 18 rings (SSSR count). The normalized spacial score (nSPS) is 11.1. The van der Waals surface area contributed by atoms with Gasteiger partial charge in [-0.2, -0.15) is 57.0 Å². The molecule has 107 heavy (non-hydrogen) atoms.